The lowest BCUT2D eigenvalue weighted by Crippen LogP contribution is -2.20. The summed E-state index contributed by atoms with van der Waals surface area (Å²) in [6.07, 6.45) is -4.40. The molecule has 1 unspecified atom stereocenters. The lowest BCUT2D eigenvalue weighted by Gasteiger charge is -2.17. The van der Waals surface area contributed by atoms with Crippen molar-refractivity contribution >= 4 is 15.9 Å². The van der Waals surface area contributed by atoms with Gasteiger partial charge in [-0.1, -0.05) is 22.0 Å². The number of rotatable bonds is 4. The SMILES string of the molecule is CC(C)OCC(N)c1ccc(Br)c(C(F)(F)F)c1. The van der Waals surface area contributed by atoms with Crippen LogP contribution in [0.4, 0.5) is 13.2 Å². The van der Waals surface area contributed by atoms with Crippen LogP contribution in [-0.2, 0) is 10.9 Å². The molecular formula is C12H15BrF3NO. The summed E-state index contributed by atoms with van der Waals surface area (Å²) >= 11 is 2.89. The highest BCUT2D eigenvalue weighted by atomic mass is 79.9. The fourth-order valence-electron chi connectivity index (χ4n) is 1.38. The normalized spacial score (nSPS) is 14.0. The molecule has 2 N–H and O–H groups in total. The van der Waals surface area contributed by atoms with Gasteiger partial charge in [0.1, 0.15) is 0 Å². The van der Waals surface area contributed by atoms with E-state index in [1.54, 1.807) is 6.07 Å². The fourth-order valence-corrected chi connectivity index (χ4v) is 1.85. The Morgan fingerprint density at radius 1 is 1.33 bits per heavy atom. The smallest absolute Gasteiger partial charge is 0.377 e. The predicted molar refractivity (Wildman–Crippen MR) is 67.2 cm³/mol. The molecule has 18 heavy (non-hydrogen) atoms. The van der Waals surface area contributed by atoms with Crippen LogP contribution < -0.4 is 5.73 Å². The monoisotopic (exact) mass is 325 g/mol. The van der Waals surface area contributed by atoms with Crippen LogP contribution >= 0.6 is 15.9 Å². The highest BCUT2D eigenvalue weighted by Crippen LogP contribution is 2.36. The van der Waals surface area contributed by atoms with Gasteiger partial charge in [0.25, 0.3) is 0 Å². The molecule has 0 fully saturated rings. The van der Waals surface area contributed by atoms with Crippen LogP contribution in [0.3, 0.4) is 0 Å². The van der Waals surface area contributed by atoms with Gasteiger partial charge in [-0.05, 0) is 31.5 Å². The van der Waals surface area contributed by atoms with E-state index in [4.69, 9.17) is 10.5 Å². The first-order valence-corrected chi connectivity index (χ1v) is 6.25. The van der Waals surface area contributed by atoms with Gasteiger partial charge in [0.05, 0.1) is 24.3 Å². The van der Waals surface area contributed by atoms with Gasteiger partial charge in [-0.3, -0.25) is 0 Å². The molecule has 1 atom stereocenters. The standard InChI is InChI=1S/C12H15BrF3NO/c1-7(2)18-6-11(17)8-3-4-10(13)9(5-8)12(14,15)16/h3-5,7,11H,6,17H2,1-2H3. The van der Waals surface area contributed by atoms with Crippen LogP contribution in [0.2, 0.25) is 0 Å². The van der Waals surface area contributed by atoms with Gasteiger partial charge in [0.15, 0.2) is 0 Å². The van der Waals surface area contributed by atoms with Crippen molar-refractivity contribution in [3.05, 3.63) is 33.8 Å². The van der Waals surface area contributed by atoms with Crippen LogP contribution in [-0.4, -0.2) is 12.7 Å². The molecule has 0 aliphatic carbocycles. The Kier molecular flexibility index (Phi) is 5.19. The highest BCUT2D eigenvalue weighted by Gasteiger charge is 2.33. The van der Waals surface area contributed by atoms with Crippen molar-refractivity contribution in [3.63, 3.8) is 0 Å². The third-order valence-electron chi connectivity index (χ3n) is 2.33. The van der Waals surface area contributed by atoms with Crippen molar-refractivity contribution in [2.24, 2.45) is 5.73 Å². The highest BCUT2D eigenvalue weighted by molar-refractivity contribution is 9.10. The largest absolute Gasteiger partial charge is 0.417 e. The van der Waals surface area contributed by atoms with Crippen LogP contribution in [0, 0.1) is 0 Å². The minimum atomic E-state index is -4.40. The molecule has 6 heteroatoms. The Morgan fingerprint density at radius 2 is 1.94 bits per heavy atom. The molecule has 0 bridgehead atoms. The average molecular weight is 326 g/mol. The predicted octanol–water partition coefficient (Wildman–Crippen LogP) is 3.89. The first-order chi connectivity index (χ1) is 8.21. The molecule has 0 aromatic heterocycles. The molecule has 0 aliphatic rings. The summed E-state index contributed by atoms with van der Waals surface area (Å²) < 4.78 is 43.4. The van der Waals surface area contributed by atoms with Gasteiger partial charge in [0, 0.05) is 4.47 Å². The number of nitrogens with two attached hydrogens (primary N) is 1. The number of hydrogen-bond donors (Lipinski definition) is 1. The summed E-state index contributed by atoms with van der Waals surface area (Å²) in [6.45, 7) is 3.88. The van der Waals surface area contributed by atoms with E-state index in [0.29, 0.717) is 5.56 Å². The van der Waals surface area contributed by atoms with E-state index in [1.165, 1.54) is 6.07 Å². The molecule has 1 aromatic rings. The molecule has 0 aliphatic heterocycles. The van der Waals surface area contributed by atoms with Crippen molar-refractivity contribution in [1.29, 1.82) is 0 Å². The molecule has 1 aromatic carbocycles. The minimum absolute atomic E-state index is 0.00594. The van der Waals surface area contributed by atoms with Crippen LogP contribution in [0.25, 0.3) is 0 Å². The Hall–Kier alpha value is -0.590. The number of halogens is 4. The third kappa shape index (κ3) is 4.26. The summed E-state index contributed by atoms with van der Waals surface area (Å²) in [5.41, 5.74) is 5.48. The maximum absolute atomic E-state index is 12.7. The van der Waals surface area contributed by atoms with Crippen LogP contribution in [0.1, 0.15) is 31.0 Å². The molecule has 0 radical (unpaired) electrons. The van der Waals surface area contributed by atoms with Crippen molar-refractivity contribution in [1.82, 2.24) is 0 Å². The van der Waals surface area contributed by atoms with Crippen molar-refractivity contribution in [2.75, 3.05) is 6.61 Å². The second-order valence-electron chi connectivity index (χ2n) is 4.23. The molecular weight excluding hydrogens is 311 g/mol. The van der Waals surface area contributed by atoms with E-state index in [-0.39, 0.29) is 17.2 Å². The summed E-state index contributed by atoms with van der Waals surface area (Å²) in [5, 5.41) is 0. The molecule has 0 amide bonds. The summed E-state index contributed by atoms with van der Waals surface area (Å²) in [4.78, 5) is 0. The van der Waals surface area contributed by atoms with Gasteiger partial charge in [-0.2, -0.15) is 13.2 Å². The first-order valence-electron chi connectivity index (χ1n) is 5.45. The molecule has 0 saturated heterocycles. The first kappa shape index (κ1) is 15.5. The van der Waals surface area contributed by atoms with E-state index in [1.807, 2.05) is 13.8 Å². The van der Waals surface area contributed by atoms with Crippen LogP contribution in [0.15, 0.2) is 22.7 Å². The number of alkyl halides is 3. The van der Waals surface area contributed by atoms with E-state index in [0.717, 1.165) is 6.07 Å². The molecule has 1 rings (SSSR count). The van der Waals surface area contributed by atoms with E-state index < -0.39 is 17.8 Å². The molecule has 0 heterocycles. The molecule has 2 nitrogen and oxygen atoms in total. The molecule has 0 saturated carbocycles. The number of benzene rings is 1. The van der Waals surface area contributed by atoms with Gasteiger partial charge in [0.2, 0.25) is 0 Å². The van der Waals surface area contributed by atoms with E-state index in [2.05, 4.69) is 15.9 Å². The lowest BCUT2D eigenvalue weighted by molar-refractivity contribution is -0.138. The second kappa shape index (κ2) is 6.04. The summed E-state index contributed by atoms with van der Waals surface area (Å²) in [6, 6.07) is 3.40. The number of hydrogen-bond acceptors (Lipinski definition) is 2. The Bertz CT molecular complexity index is 407. The minimum Gasteiger partial charge on any atom is -0.377 e. The number of ether oxygens (including phenoxy) is 1. The maximum atomic E-state index is 12.7. The van der Waals surface area contributed by atoms with Crippen LogP contribution in [0.5, 0.6) is 0 Å². The zero-order chi connectivity index (χ0) is 13.9. The fraction of sp³-hybridized carbons (Fsp3) is 0.500. The van der Waals surface area contributed by atoms with Gasteiger partial charge < -0.3 is 10.5 Å². The average Bonchev–Trinajstić information content (AvgIpc) is 2.24. The molecule has 102 valence electrons. The van der Waals surface area contributed by atoms with Crippen molar-refractivity contribution in [2.45, 2.75) is 32.2 Å². The zero-order valence-electron chi connectivity index (χ0n) is 10.1. The van der Waals surface area contributed by atoms with E-state index >= 15 is 0 Å². The summed E-state index contributed by atoms with van der Waals surface area (Å²) in [5.74, 6) is 0. The zero-order valence-corrected chi connectivity index (χ0v) is 11.7. The quantitative estimate of drug-likeness (QED) is 0.911. The Labute approximate surface area is 112 Å². The van der Waals surface area contributed by atoms with Crippen molar-refractivity contribution in [3.8, 4) is 0 Å². The molecule has 0 spiro atoms. The Balaban J connectivity index is 2.91. The van der Waals surface area contributed by atoms with Gasteiger partial charge >= 0.3 is 6.18 Å². The van der Waals surface area contributed by atoms with Gasteiger partial charge in [-0.15, -0.1) is 0 Å². The topological polar surface area (TPSA) is 35.2 Å². The van der Waals surface area contributed by atoms with Crippen molar-refractivity contribution < 1.29 is 17.9 Å². The van der Waals surface area contributed by atoms with Gasteiger partial charge in [-0.25, -0.2) is 0 Å². The van der Waals surface area contributed by atoms with E-state index in [9.17, 15) is 13.2 Å². The second-order valence-corrected chi connectivity index (χ2v) is 5.08. The maximum Gasteiger partial charge on any atom is 0.417 e. The third-order valence-corrected chi connectivity index (χ3v) is 3.02. The lowest BCUT2D eigenvalue weighted by atomic mass is 10.0. The Morgan fingerprint density at radius 3 is 2.44 bits per heavy atom. The summed E-state index contributed by atoms with van der Waals surface area (Å²) in [7, 11) is 0.